The molecule has 0 bridgehead atoms. The number of nitrogens with one attached hydrogen (secondary N) is 1. The fourth-order valence-electron chi connectivity index (χ4n) is 1.62. The molecule has 2 atom stereocenters. The summed E-state index contributed by atoms with van der Waals surface area (Å²) in [5.74, 6) is 0. The molecule has 0 amide bonds. The summed E-state index contributed by atoms with van der Waals surface area (Å²) in [4.78, 5) is 4.22. The second-order valence-electron chi connectivity index (χ2n) is 3.46. The van der Waals surface area contributed by atoms with Gasteiger partial charge in [0.15, 0.2) is 4.34 Å². The van der Waals surface area contributed by atoms with Crippen molar-refractivity contribution in [3.05, 3.63) is 6.33 Å². The Morgan fingerprint density at radius 1 is 1.53 bits per heavy atom. The van der Waals surface area contributed by atoms with Gasteiger partial charge in [-0.3, -0.25) is 0 Å². The van der Waals surface area contributed by atoms with Crippen molar-refractivity contribution >= 4 is 23.3 Å². The van der Waals surface area contributed by atoms with E-state index in [4.69, 9.17) is 0 Å². The van der Waals surface area contributed by atoms with Crippen LogP contribution in [0.2, 0.25) is 0 Å². The zero-order valence-corrected chi connectivity index (χ0v) is 11.2. The molecule has 2 unspecified atom stereocenters. The van der Waals surface area contributed by atoms with E-state index in [9.17, 15) is 0 Å². The Morgan fingerprint density at radius 2 is 2.33 bits per heavy atom. The summed E-state index contributed by atoms with van der Waals surface area (Å²) in [6.07, 6.45) is 5.24. The molecule has 0 aromatic carbocycles. The lowest BCUT2D eigenvalue weighted by atomic mass is 10.1. The molecule has 0 aliphatic heterocycles. The number of nitrogens with zero attached hydrogens (tertiary/aromatic N) is 2. The van der Waals surface area contributed by atoms with Crippen molar-refractivity contribution < 1.29 is 0 Å². The van der Waals surface area contributed by atoms with Crippen molar-refractivity contribution in [2.75, 3.05) is 7.05 Å². The lowest BCUT2D eigenvalue weighted by Crippen LogP contribution is -2.35. The van der Waals surface area contributed by atoms with Gasteiger partial charge in [-0.2, -0.15) is 4.37 Å². The first kappa shape index (κ1) is 12.9. The van der Waals surface area contributed by atoms with Crippen molar-refractivity contribution in [3.63, 3.8) is 0 Å². The van der Waals surface area contributed by atoms with Crippen molar-refractivity contribution in [2.45, 2.75) is 48.7 Å². The van der Waals surface area contributed by atoms with E-state index in [1.807, 2.05) is 18.8 Å². The molecule has 0 fully saturated rings. The van der Waals surface area contributed by atoms with E-state index in [0.29, 0.717) is 11.3 Å². The minimum atomic E-state index is 0.578. The average molecular weight is 245 g/mol. The highest BCUT2D eigenvalue weighted by Gasteiger charge is 2.19. The van der Waals surface area contributed by atoms with Crippen LogP contribution in [0.1, 0.15) is 33.1 Å². The molecule has 1 aromatic rings. The zero-order chi connectivity index (χ0) is 11.1. The number of hydrogen-bond donors (Lipinski definition) is 1. The molecule has 1 rings (SSSR count). The molecular formula is C10H19N3S2. The first-order chi connectivity index (χ1) is 7.31. The van der Waals surface area contributed by atoms with E-state index in [2.05, 4.69) is 28.5 Å². The van der Waals surface area contributed by atoms with Gasteiger partial charge in [0, 0.05) is 11.3 Å². The first-order valence-electron chi connectivity index (χ1n) is 5.42. The fraction of sp³-hybridized carbons (Fsp3) is 0.800. The molecule has 0 saturated heterocycles. The van der Waals surface area contributed by atoms with Gasteiger partial charge in [0.1, 0.15) is 6.33 Å². The van der Waals surface area contributed by atoms with Crippen LogP contribution in [-0.4, -0.2) is 27.7 Å². The van der Waals surface area contributed by atoms with Crippen LogP contribution in [0, 0.1) is 0 Å². The van der Waals surface area contributed by atoms with Crippen LogP contribution < -0.4 is 5.32 Å². The predicted octanol–water partition coefficient (Wildman–Crippen LogP) is 2.80. The highest BCUT2D eigenvalue weighted by atomic mass is 32.2. The monoisotopic (exact) mass is 245 g/mol. The Kier molecular flexibility index (Phi) is 6.20. The van der Waals surface area contributed by atoms with E-state index >= 15 is 0 Å². The van der Waals surface area contributed by atoms with Crippen molar-refractivity contribution in [1.29, 1.82) is 0 Å². The zero-order valence-electron chi connectivity index (χ0n) is 9.56. The van der Waals surface area contributed by atoms with Crippen LogP contribution in [0.5, 0.6) is 0 Å². The number of rotatable bonds is 7. The number of hydrogen-bond acceptors (Lipinski definition) is 5. The summed E-state index contributed by atoms with van der Waals surface area (Å²) in [7, 11) is 2.05. The molecule has 0 aliphatic carbocycles. The third-order valence-electron chi connectivity index (χ3n) is 2.41. The standard InChI is InChI=1S/C10H19N3S2/c1-4-6-8(11-3)9(5-2)14-10-12-7-13-15-10/h7-9,11H,4-6H2,1-3H3. The summed E-state index contributed by atoms with van der Waals surface area (Å²) < 4.78 is 5.11. The molecule has 1 N–H and O–H groups in total. The largest absolute Gasteiger partial charge is 0.316 e. The minimum Gasteiger partial charge on any atom is -0.316 e. The maximum atomic E-state index is 4.22. The molecule has 5 heteroatoms. The summed E-state index contributed by atoms with van der Waals surface area (Å²) in [5.41, 5.74) is 0. The van der Waals surface area contributed by atoms with Crippen LogP contribution in [-0.2, 0) is 0 Å². The van der Waals surface area contributed by atoms with Gasteiger partial charge in [0.25, 0.3) is 0 Å². The lowest BCUT2D eigenvalue weighted by Gasteiger charge is -2.24. The second kappa shape index (κ2) is 7.19. The van der Waals surface area contributed by atoms with E-state index in [1.54, 1.807) is 6.33 Å². The summed E-state index contributed by atoms with van der Waals surface area (Å²) in [6, 6.07) is 0.578. The van der Waals surface area contributed by atoms with Crippen LogP contribution in [0.15, 0.2) is 10.7 Å². The fourth-order valence-corrected chi connectivity index (χ4v) is 3.54. The highest BCUT2D eigenvalue weighted by molar-refractivity contribution is 8.01. The minimum absolute atomic E-state index is 0.578. The van der Waals surface area contributed by atoms with Gasteiger partial charge >= 0.3 is 0 Å². The van der Waals surface area contributed by atoms with Crippen molar-refractivity contribution in [3.8, 4) is 0 Å². The quantitative estimate of drug-likeness (QED) is 0.750. The van der Waals surface area contributed by atoms with Gasteiger partial charge < -0.3 is 5.32 Å². The molecule has 1 aromatic heterocycles. The Labute approximate surface area is 100 Å². The topological polar surface area (TPSA) is 37.8 Å². The molecule has 0 spiro atoms. The second-order valence-corrected chi connectivity index (χ2v) is 5.72. The first-order valence-corrected chi connectivity index (χ1v) is 7.07. The third kappa shape index (κ3) is 4.09. The maximum absolute atomic E-state index is 4.22. The van der Waals surface area contributed by atoms with E-state index < -0.39 is 0 Å². The number of thioether (sulfide) groups is 1. The Balaban J connectivity index is 2.53. The van der Waals surface area contributed by atoms with Gasteiger partial charge in [-0.05, 0) is 31.4 Å². The van der Waals surface area contributed by atoms with Gasteiger partial charge in [0.2, 0.25) is 0 Å². The van der Waals surface area contributed by atoms with Crippen LogP contribution in [0.4, 0.5) is 0 Å². The Morgan fingerprint density at radius 3 is 2.80 bits per heavy atom. The molecular weight excluding hydrogens is 226 g/mol. The van der Waals surface area contributed by atoms with Crippen LogP contribution in [0.25, 0.3) is 0 Å². The van der Waals surface area contributed by atoms with Gasteiger partial charge in [-0.1, -0.05) is 32.0 Å². The molecule has 3 nitrogen and oxygen atoms in total. The molecule has 0 radical (unpaired) electrons. The van der Waals surface area contributed by atoms with E-state index in [1.165, 1.54) is 24.4 Å². The molecule has 15 heavy (non-hydrogen) atoms. The highest BCUT2D eigenvalue weighted by Crippen LogP contribution is 2.29. The third-order valence-corrected chi connectivity index (χ3v) is 4.66. The average Bonchev–Trinajstić information content (AvgIpc) is 2.75. The molecule has 0 saturated carbocycles. The number of aromatic nitrogens is 2. The van der Waals surface area contributed by atoms with Gasteiger partial charge in [-0.25, -0.2) is 4.98 Å². The lowest BCUT2D eigenvalue weighted by molar-refractivity contribution is 0.490. The SMILES string of the molecule is CCCC(NC)C(CC)Sc1ncns1. The van der Waals surface area contributed by atoms with Crippen molar-refractivity contribution in [1.82, 2.24) is 14.7 Å². The van der Waals surface area contributed by atoms with E-state index in [0.717, 1.165) is 10.8 Å². The Hall–Kier alpha value is -0.130. The smallest absolute Gasteiger partial charge is 0.170 e. The molecule has 86 valence electrons. The maximum Gasteiger partial charge on any atom is 0.170 e. The summed E-state index contributed by atoms with van der Waals surface area (Å²) >= 11 is 3.34. The predicted molar refractivity (Wildman–Crippen MR) is 67.6 cm³/mol. The Bertz CT molecular complexity index is 251. The summed E-state index contributed by atoms with van der Waals surface area (Å²) in [5, 5.41) is 4.00. The molecule has 0 aliphatic rings. The summed E-state index contributed by atoms with van der Waals surface area (Å²) in [6.45, 7) is 4.46. The van der Waals surface area contributed by atoms with Crippen molar-refractivity contribution in [2.24, 2.45) is 0 Å². The normalized spacial score (nSPS) is 15.1. The van der Waals surface area contributed by atoms with Gasteiger partial charge in [-0.15, -0.1) is 0 Å². The van der Waals surface area contributed by atoms with Crippen LogP contribution >= 0.6 is 23.3 Å². The van der Waals surface area contributed by atoms with E-state index in [-0.39, 0.29) is 0 Å². The molecule has 1 heterocycles. The van der Waals surface area contributed by atoms with Gasteiger partial charge in [0.05, 0.1) is 0 Å². The van der Waals surface area contributed by atoms with Crippen LogP contribution in [0.3, 0.4) is 0 Å².